The van der Waals surface area contributed by atoms with E-state index >= 15 is 0 Å². The molecule has 0 saturated heterocycles. The maximum atomic E-state index is 11.8. The van der Waals surface area contributed by atoms with Crippen molar-refractivity contribution in [2.24, 2.45) is 0 Å². The molecule has 0 unspecified atom stereocenters. The maximum Gasteiger partial charge on any atom is 0.389 e. The molecule has 0 bridgehead atoms. The molecule has 4 nitrogen and oxygen atoms in total. The van der Waals surface area contributed by atoms with E-state index in [-0.39, 0.29) is 12.2 Å². The number of ether oxygens (including phenoxy) is 1. The van der Waals surface area contributed by atoms with Crippen molar-refractivity contribution in [3.05, 3.63) is 84.9 Å². The lowest BCUT2D eigenvalue weighted by molar-refractivity contribution is -0.135. The van der Waals surface area contributed by atoms with Gasteiger partial charge in [0.2, 0.25) is 0 Å². The first-order chi connectivity index (χ1) is 22.6. The Kier molecular flexibility index (Phi) is 20.7. The van der Waals surface area contributed by atoms with Crippen LogP contribution in [0.5, 0.6) is 5.75 Å². The molecular formula is C38H55F3O4PS+. The van der Waals surface area contributed by atoms with Crippen molar-refractivity contribution in [2.75, 3.05) is 12.4 Å². The average molecular weight is 696 g/mol. The summed E-state index contributed by atoms with van der Waals surface area (Å²) in [5, 5.41) is 4.24. The van der Waals surface area contributed by atoms with Crippen molar-refractivity contribution in [1.82, 2.24) is 0 Å². The van der Waals surface area contributed by atoms with E-state index in [1.165, 1.54) is 60.9 Å². The van der Waals surface area contributed by atoms with Crippen molar-refractivity contribution in [3.8, 4) is 5.75 Å². The minimum atomic E-state index is -4.06. The molecule has 0 radical (unpaired) electrons. The van der Waals surface area contributed by atoms with E-state index in [4.69, 9.17) is 9.29 Å². The van der Waals surface area contributed by atoms with Gasteiger partial charge in [-0.05, 0) is 67.8 Å². The third-order valence-corrected chi connectivity index (χ3v) is 11.4. The first-order valence-electron chi connectivity index (χ1n) is 17.3. The first-order valence-corrected chi connectivity index (χ1v) is 20.4. The zero-order chi connectivity index (χ0) is 34.2. The van der Waals surface area contributed by atoms with Crippen molar-refractivity contribution >= 4 is 34.0 Å². The van der Waals surface area contributed by atoms with E-state index in [0.29, 0.717) is 19.3 Å². The number of hydrogen-bond donors (Lipinski definition) is 1. The highest BCUT2D eigenvalue weighted by atomic mass is 32.2. The third kappa shape index (κ3) is 20.5. The van der Waals surface area contributed by atoms with Crippen molar-refractivity contribution in [3.63, 3.8) is 0 Å². The Hall–Kier alpha value is -2.41. The first kappa shape index (κ1) is 40.8. The second-order valence-electron chi connectivity index (χ2n) is 12.1. The molecule has 0 heterocycles. The zero-order valence-electron chi connectivity index (χ0n) is 28.0. The maximum absolute atomic E-state index is 11.8. The van der Waals surface area contributed by atoms with Crippen molar-refractivity contribution in [2.45, 2.75) is 116 Å². The average Bonchev–Trinajstić information content (AvgIpc) is 3.04. The van der Waals surface area contributed by atoms with Crippen molar-refractivity contribution < 1.29 is 30.9 Å². The molecule has 0 aromatic heterocycles. The Morgan fingerprint density at radius 1 is 0.596 bits per heavy atom. The summed E-state index contributed by atoms with van der Waals surface area (Å²) in [7, 11) is -4.86. The monoisotopic (exact) mass is 695 g/mol. The lowest BCUT2D eigenvalue weighted by Crippen LogP contribution is -2.20. The minimum absolute atomic E-state index is 0.161. The summed E-state index contributed by atoms with van der Waals surface area (Å²) in [4.78, 5) is 0. The van der Waals surface area contributed by atoms with E-state index in [1.54, 1.807) is 0 Å². The lowest BCUT2D eigenvalue weighted by atomic mass is 10.1. The molecule has 0 atom stereocenters. The van der Waals surface area contributed by atoms with Crippen LogP contribution in [0.25, 0.3) is 0 Å². The number of rotatable bonds is 22. The van der Waals surface area contributed by atoms with Gasteiger partial charge in [-0.2, -0.15) is 21.6 Å². The highest BCUT2D eigenvalue weighted by Crippen LogP contribution is 2.33. The van der Waals surface area contributed by atoms with Crippen LogP contribution in [0.1, 0.15) is 110 Å². The summed E-state index contributed by atoms with van der Waals surface area (Å²) in [6.07, 6.45) is 9.99. The van der Waals surface area contributed by atoms with Gasteiger partial charge in [0.05, 0.1) is 20.3 Å². The van der Waals surface area contributed by atoms with E-state index in [9.17, 15) is 21.6 Å². The van der Waals surface area contributed by atoms with Crippen LogP contribution in [-0.4, -0.2) is 31.5 Å². The van der Waals surface area contributed by atoms with Crippen LogP contribution in [0.3, 0.4) is 0 Å². The van der Waals surface area contributed by atoms with E-state index in [1.807, 2.05) is 0 Å². The molecule has 0 aliphatic heterocycles. The van der Waals surface area contributed by atoms with Gasteiger partial charge in [-0.15, -0.1) is 0 Å². The smallest absolute Gasteiger partial charge is 0.389 e. The van der Waals surface area contributed by atoms with Crippen LogP contribution in [0, 0.1) is 0 Å². The normalized spacial score (nSPS) is 11.7. The molecule has 0 spiro atoms. The van der Waals surface area contributed by atoms with Gasteiger partial charge in [0, 0.05) is 6.42 Å². The van der Waals surface area contributed by atoms with Crippen LogP contribution in [0.4, 0.5) is 13.2 Å². The number of benzene rings is 3. The van der Waals surface area contributed by atoms with Gasteiger partial charge in [0.25, 0.3) is 10.1 Å². The van der Waals surface area contributed by atoms with Gasteiger partial charge >= 0.3 is 6.18 Å². The third-order valence-electron chi connectivity index (χ3n) is 7.90. The van der Waals surface area contributed by atoms with Crippen LogP contribution in [0.15, 0.2) is 84.9 Å². The molecule has 9 heteroatoms. The highest BCUT2D eigenvalue weighted by Gasteiger charge is 2.26. The fourth-order valence-electron chi connectivity index (χ4n) is 5.35. The fraction of sp³-hybridized carbons (Fsp3) is 0.526. The number of halogens is 3. The Labute approximate surface area is 283 Å². The van der Waals surface area contributed by atoms with Gasteiger partial charge in [0.15, 0.2) is 0 Å². The molecule has 3 aromatic carbocycles. The predicted molar refractivity (Wildman–Crippen MR) is 194 cm³/mol. The Balaban J connectivity index is 0.000000387. The van der Waals surface area contributed by atoms with Crippen LogP contribution < -0.4 is 20.7 Å². The molecule has 1 N–H and O–H groups in total. The number of hydrogen-bond acceptors (Lipinski definition) is 3. The van der Waals surface area contributed by atoms with Crippen LogP contribution in [0.2, 0.25) is 0 Å². The minimum Gasteiger partial charge on any atom is -0.494 e. The topological polar surface area (TPSA) is 63.6 Å². The van der Waals surface area contributed by atoms with Crippen molar-refractivity contribution in [1.29, 1.82) is 0 Å². The summed E-state index contributed by atoms with van der Waals surface area (Å²) in [6, 6.07) is 30.6. The molecule has 3 rings (SSSR count). The predicted octanol–water partition coefficient (Wildman–Crippen LogP) is 10.3. The Morgan fingerprint density at radius 2 is 1.02 bits per heavy atom. The fourth-order valence-corrected chi connectivity index (χ4v) is 8.47. The summed E-state index contributed by atoms with van der Waals surface area (Å²) in [5.74, 6) is 0.755. The summed E-state index contributed by atoms with van der Waals surface area (Å²) in [6.45, 7) is 3.10. The van der Waals surface area contributed by atoms with Gasteiger partial charge in [-0.25, -0.2) is 0 Å². The molecule has 0 fully saturated rings. The zero-order valence-corrected chi connectivity index (χ0v) is 29.8. The molecule has 0 saturated carbocycles. The van der Waals surface area contributed by atoms with Gasteiger partial charge in [0.1, 0.15) is 21.7 Å². The van der Waals surface area contributed by atoms with Gasteiger partial charge in [-0.3, -0.25) is 4.55 Å². The van der Waals surface area contributed by atoms with Crippen LogP contribution >= 0.6 is 7.92 Å². The van der Waals surface area contributed by atoms with E-state index in [0.717, 1.165) is 38.0 Å². The number of alkyl halides is 3. The molecule has 0 aliphatic rings. The molecule has 0 amide bonds. The molecule has 262 valence electrons. The number of unbranched alkanes of at least 4 members (excludes halogenated alkanes) is 13. The van der Waals surface area contributed by atoms with Gasteiger partial charge < -0.3 is 4.74 Å². The molecular weight excluding hydrogens is 640 g/mol. The second-order valence-corrected chi connectivity index (χ2v) is 16.1. The van der Waals surface area contributed by atoms with E-state index < -0.39 is 30.6 Å². The SMILES string of the molecule is CCCCCCCCCCOc1ccc([PH+](c2ccccc2)c2ccccc2)cc1.O=S(=O)(O)CCCCCCCCCC(F)(F)F. The second kappa shape index (κ2) is 23.8. The summed E-state index contributed by atoms with van der Waals surface area (Å²) < 4.78 is 70.4. The van der Waals surface area contributed by atoms with Crippen LogP contribution in [-0.2, 0) is 10.1 Å². The Morgan fingerprint density at radius 3 is 1.49 bits per heavy atom. The summed E-state index contributed by atoms with van der Waals surface area (Å²) in [5.41, 5.74) is 0. The largest absolute Gasteiger partial charge is 0.494 e. The molecule has 47 heavy (non-hydrogen) atoms. The standard InChI is InChI=1S/C28H35OP.C10H19F3O3S/c1-2-3-4-5-6-7-8-15-24-29-25-20-22-28(23-21-25)30(26-16-11-9-12-17-26)27-18-13-10-14-19-27;11-10(12,13)8-6-4-2-1-3-5-7-9-17(14,15)16/h9-14,16-23H,2-8,15,24H2,1H3;1-9H2,(H,14,15,16)/p+1. The lowest BCUT2D eigenvalue weighted by Gasteiger charge is -2.12. The van der Waals surface area contributed by atoms with Gasteiger partial charge in [-0.1, -0.05) is 120 Å². The highest BCUT2D eigenvalue weighted by molar-refractivity contribution is 7.85. The molecule has 0 aliphatic carbocycles. The van der Waals surface area contributed by atoms with E-state index in [2.05, 4.69) is 91.9 Å². The quantitative estimate of drug-likeness (QED) is 0.0646. The Bertz CT molecular complexity index is 1250. The molecule has 3 aromatic rings. The summed E-state index contributed by atoms with van der Waals surface area (Å²) >= 11 is 0.